The molecule has 3 N–H and O–H groups in total. The molecule has 0 spiro atoms. The number of anilines is 1. The molecule has 7 heteroatoms. The van der Waals surface area contributed by atoms with Crippen LogP contribution in [0.3, 0.4) is 0 Å². The zero-order valence-electron chi connectivity index (χ0n) is 17.7. The summed E-state index contributed by atoms with van der Waals surface area (Å²) < 4.78 is 0. The second-order valence-corrected chi connectivity index (χ2v) is 7.08. The first kappa shape index (κ1) is 22.9. The maximum atomic E-state index is 12.1. The Morgan fingerprint density at radius 1 is 1.19 bits per heavy atom. The predicted octanol–water partition coefficient (Wildman–Crippen LogP) is 2.39. The Morgan fingerprint density at radius 3 is 2.48 bits per heavy atom. The molecule has 1 aromatic rings. The Hall–Kier alpha value is -2.15. The van der Waals surface area contributed by atoms with E-state index in [4.69, 9.17) is 0 Å². The van der Waals surface area contributed by atoms with Crippen molar-refractivity contribution in [2.75, 3.05) is 31.5 Å². The third kappa shape index (κ3) is 9.38. The van der Waals surface area contributed by atoms with Gasteiger partial charge in [0.2, 0.25) is 5.91 Å². The maximum Gasteiger partial charge on any atom is 0.227 e. The molecule has 0 fully saturated rings. The van der Waals surface area contributed by atoms with E-state index in [1.165, 1.54) is 0 Å². The zero-order chi connectivity index (χ0) is 20.2. The molecule has 1 aromatic heterocycles. The van der Waals surface area contributed by atoms with E-state index >= 15 is 0 Å². The van der Waals surface area contributed by atoms with Crippen molar-refractivity contribution in [3.05, 3.63) is 23.9 Å². The highest BCUT2D eigenvalue weighted by molar-refractivity contribution is 5.90. The molecule has 1 heterocycles. The van der Waals surface area contributed by atoms with E-state index in [9.17, 15) is 4.79 Å². The molecule has 152 valence electrons. The smallest absolute Gasteiger partial charge is 0.227 e. The second kappa shape index (κ2) is 12.3. The summed E-state index contributed by atoms with van der Waals surface area (Å²) in [5.41, 5.74) is 0.879. The number of aliphatic imine (C=N–C) groups is 1. The van der Waals surface area contributed by atoms with Crippen molar-refractivity contribution in [2.45, 2.75) is 60.0 Å². The molecule has 0 atom stereocenters. The minimum absolute atomic E-state index is 0.0674. The van der Waals surface area contributed by atoms with Crippen molar-refractivity contribution in [1.29, 1.82) is 0 Å². The van der Waals surface area contributed by atoms with E-state index in [1.54, 1.807) is 6.07 Å². The van der Waals surface area contributed by atoms with Crippen molar-refractivity contribution in [2.24, 2.45) is 4.99 Å². The van der Waals surface area contributed by atoms with Gasteiger partial charge in [0, 0.05) is 43.8 Å². The van der Waals surface area contributed by atoms with Crippen LogP contribution in [0.2, 0.25) is 0 Å². The number of hydrogen-bond acceptors (Lipinski definition) is 4. The van der Waals surface area contributed by atoms with Crippen LogP contribution in [0.15, 0.2) is 23.2 Å². The number of pyridine rings is 1. The Bertz CT molecular complexity index is 592. The SMILES string of the molecule is CCNC(=NCCN(C(C)C)C(C)C)NCCC(=O)Nc1cccc(C)n1. The van der Waals surface area contributed by atoms with Crippen LogP contribution >= 0.6 is 0 Å². The molecule has 0 unspecified atom stereocenters. The van der Waals surface area contributed by atoms with Crippen LogP contribution in [0.1, 0.15) is 46.7 Å². The number of guanidine groups is 1. The molecule has 0 aliphatic heterocycles. The summed E-state index contributed by atoms with van der Waals surface area (Å²) in [6, 6.07) is 6.56. The highest BCUT2D eigenvalue weighted by atomic mass is 16.1. The van der Waals surface area contributed by atoms with Gasteiger partial charge in [-0.15, -0.1) is 0 Å². The molecule has 1 rings (SSSR count). The zero-order valence-corrected chi connectivity index (χ0v) is 17.7. The number of rotatable bonds is 10. The van der Waals surface area contributed by atoms with Gasteiger partial charge in [-0.25, -0.2) is 4.98 Å². The van der Waals surface area contributed by atoms with Crippen LogP contribution in [0.25, 0.3) is 0 Å². The fraction of sp³-hybridized carbons (Fsp3) is 0.650. The van der Waals surface area contributed by atoms with Gasteiger partial charge < -0.3 is 16.0 Å². The monoisotopic (exact) mass is 376 g/mol. The maximum absolute atomic E-state index is 12.1. The van der Waals surface area contributed by atoms with Gasteiger partial charge in [-0.05, 0) is 53.7 Å². The van der Waals surface area contributed by atoms with Crippen LogP contribution in [0.4, 0.5) is 5.82 Å². The number of amides is 1. The van der Waals surface area contributed by atoms with Gasteiger partial charge in [0.1, 0.15) is 5.82 Å². The average Bonchev–Trinajstić information content (AvgIpc) is 2.57. The number of hydrogen-bond donors (Lipinski definition) is 3. The Kier molecular flexibility index (Phi) is 10.4. The fourth-order valence-electron chi connectivity index (χ4n) is 2.84. The fourth-order valence-corrected chi connectivity index (χ4v) is 2.84. The lowest BCUT2D eigenvalue weighted by atomic mass is 10.2. The molecule has 27 heavy (non-hydrogen) atoms. The largest absolute Gasteiger partial charge is 0.357 e. The highest BCUT2D eigenvalue weighted by Crippen LogP contribution is 2.05. The van der Waals surface area contributed by atoms with Crippen LogP contribution in [-0.2, 0) is 4.79 Å². The lowest BCUT2D eigenvalue weighted by Gasteiger charge is -2.29. The molecule has 0 aliphatic rings. The third-order valence-corrected chi connectivity index (χ3v) is 4.10. The highest BCUT2D eigenvalue weighted by Gasteiger charge is 2.12. The van der Waals surface area contributed by atoms with E-state index in [2.05, 4.69) is 58.5 Å². The van der Waals surface area contributed by atoms with Crippen molar-refractivity contribution in [3.63, 3.8) is 0 Å². The molecule has 1 amide bonds. The number of carbonyl (C=O) groups is 1. The van der Waals surface area contributed by atoms with Crippen LogP contribution in [-0.4, -0.2) is 60.0 Å². The van der Waals surface area contributed by atoms with Gasteiger partial charge in [-0.2, -0.15) is 0 Å². The third-order valence-electron chi connectivity index (χ3n) is 4.10. The van der Waals surface area contributed by atoms with Crippen molar-refractivity contribution in [1.82, 2.24) is 20.5 Å². The van der Waals surface area contributed by atoms with Gasteiger partial charge in [-0.1, -0.05) is 6.07 Å². The first-order chi connectivity index (χ1) is 12.8. The van der Waals surface area contributed by atoms with Crippen LogP contribution in [0, 0.1) is 6.92 Å². The first-order valence-electron chi connectivity index (χ1n) is 9.84. The summed E-state index contributed by atoms with van der Waals surface area (Å²) in [5.74, 6) is 1.26. The first-order valence-corrected chi connectivity index (χ1v) is 9.84. The van der Waals surface area contributed by atoms with Crippen molar-refractivity contribution in [3.8, 4) is 0 Å². The number of aromatic nitrogens is 1. The molecule has 0 bridgehead atoms. The van der Waals surface area contributed by atoms with Gasteiger partial charge >= 0.3 is 0 Å². The van der Waals surface area contributed by atoms with E-state index in [1.807, 2.05) is 26.0 Å². The minimum atomic E-state index is -0.0674. The quantitative estimate of drug-likeness (QED) is 0.431. The van der Waals surface area contributed by atoms with Gasteiger partial charge in [0.15, 0.2) is 5.96 Å². The van der Waals surface area contributed by atoms with E-state index < -0.39 is 0 Å². The Morgan fingerprint density at radius 2 is 1.89 bits per heavy atom. The van der Waals surface area contributed by atoms with Crippen molar-refractivity contribution >= 4 is 17.7 Å². The molecule has 0 saturated carbocycles. The summed E-state index contributed by atoms with van der Waals surface area (Å²) in [5, 5.41) is 9.26. The molecule has 0 aromatic carbocycles. The number of nitrogens with one attached hydrogen (secondary N) is 3. The van der Waals surface area contributed by atoms with Gasteiger partial charge in [-0.3, -0.25) is 14.7 Å². The van der Waals surface area contributed by atoms with Gasteiger partial charge in [0.05, 0.1) is 6.54 Å². The van der Waals surface area contributed by atoms with E-state index in [0.717, 1.165) is 24.7 Å². The summed E-state index contributed by atoms with van der Waals surface area (Å²) >= 11 is 0. The minimum Gasteiger partial charge on any atom is -0.357 e. The van der Waals surface area contributed by atoms with Gasteiger partial charge in [0.25, 0.3) is 0 Å². The molecular weight excluding hydrogens is 340 g/mol. The normalized spacial score (nSPS) is 12.0. The number of nitrogens with zero attached hydrogens (tertiary/aromatic N) is 3. The summed E-state index contributed by atoms with van der Waals surface area (Å²) in [7, 11) is 0. The number of carbonyl (C=O) groups excluding carboxylic acids is 1. The van der Waals surface area contributed by atoms with E-state index in [0.29, 0.717) is 37.4 Å². The lowest BCUT2D eigenvalue weighted by Crippen LogP contribution is -2.41. The standard InChI is InChI=1S/C20H36N6O/c1-7-21-20(23-13-14-26(15(2)3)16(4)5)22-12-11-19(27)25-18-10-8-9-17(6)24-18/h8-10,15-16H,7,11-14H2,1-6H3,(H2,21,22,23)(H,24,25,27). The molecular formula is C20H36N6O. The van der Waals surface area contributed by atoms with Crippen molar-refractivity contribution < 1.29 is 4.79 Å². The topological polar surface area (TPSA) is 81.7 Å². The van der Waals surface area contributed by atoms with E-state index in [-0.39, 0.29) is 5.91 Å². The molecule has 0 radical (unpaired) electrons. The van der Waals surface area contributed by atoms with Crippen LogP contribution < -0.4 is 16.0 Å². The molecule has 0 saturated heterocycles. The predicted molar refractivity (Wildman–Crippen MR) is 113 cm³/mol. The van der Waals surface area contributed by atoms with Crippen LogP contribution in [0.5, 0.6) is 0 Å². The molecule has 7 nitrogen and oxygen atoms in total. The Labute approximate surface area is 164 Å². The summed E-state index contributed by atoms with van der Waals surface area (Å²) in [6.07, 6.45) is 0.351. The summed E-state index contributed by atoms with van der Waals surface area (Å²) in [4.78, 5) is 23.4. The molecule has 0 aliphatic carbocycles. The summed E-state index contributed by atoms with van der Waals surface area (Å²) in [6.45, 7) is 15.7. The Balaban J connectivity index is 2.43. The number of aryl methyl sites for hydroxylation is 1. The second-order valence-electron chi connectivity index (χ2n) is 7.08. The lowest BCUT2D eigenvalue weighted by molar-refractivity contribution is -0.116. The average molecular weight is 377 g/mol.